The number of hydrazine groups is 1. The minimum Gasteiger partial charge on any atom is -0.291 e. The number of para-hydroxylation sites is 1. The zero-order chi connectivity index (χ0) is 13.2. The molecule has 6 heteroatoms. The molecule has 6 nitrogen and oxygen atoms in total. The number of pyridine rings is 1. The van der Waals surface area contributed by atoms with Gasteiger partial charge in [-0.05, 0) is 18.1 Å². The summed E-state index contributed by atoms with van der Waals surface area (Å²) in [6, 6.07) is 9.40. The Hall–Kier alpha value is -2.63. The van der Waals surface area contributed by atoms with Gasteiger partial charge in [0.1, 0.15) is 0 Å². The molecule has 0 amide bonds. The van der Waals surface area contributed by atoms with E-state index in [0.717, 1.165) is 18.7 Å². The molecule has 0 radical (unpaired) electrons. The third-order valence-corrected chi connectivity index (χ3v) is 3.14. The second-order valence-corrected chi connectivity index (χ2v) is 4.29. The van der Waals surface area contributed by atoms with Crippen molar-refractivity contribution in [2.75, 3.05) is 17.0 Å². The van der Waals surface area contributed by atoms with Crippen molar-refractivity contribution in [2.24, 2.45) is 0 Å². The van der Waals surface area contributed by atoms with Gasteiger partial charge in [0.05, 0.1) is 16.8 Å². The molecule has 0 fully saturated rings. The highest BCUT2D eigenvalue weighted by atomic mass is 16.6. The second-order valence-electron chi connectivity index (χ2n) is 4.29. The molecule has 2 aromatic rings. The van der Waals surface area contributed by atoms with Crippen LogP contribution in [0.3, 0.4) is 0 Å². The van der Waals surface area contributed by atoms with Gasteiger partial charge in [0, 0.05) is 18.8 Å². The monoisotopic (exact) mass is 256 g/mol. The van der Waals surface area contributed by atoms with Crippen molar-refractivity contribution < 1.29 is 4.92 Å². The maximum atomic E-state index is 11.0. The number of hydrogen-bond acceptors (Lipinski definition) is 5. The van der Waals surface area contributed by atoms with Crippen LogP contribution in [0.5, 0.6) is 0 Å². The number of nitro groups is 1. The Bertz CT molecular complexity index is 630. The Morgan fingerprint density at radius 1 is 1.32 bits per heavy atom. The highest BCUT2D eigenvalue weighted by Gasteiger charge is 2.21. The Morgan fingerprint density at radius 3 is 3.00 bits per heavy atom. The number of rotatable bonds is 3. The van der Waals surface area contributed by atoms with E-state index >= 15 is 0 Å². The van der Waals surface area contributed by atoms with Gasteiger partial charge in [0.15, 0.2) is 5.69 Å². The van der Waals surface area contributed by atoms with Crippen molar-refractivity contribution in [3.63, 3.8) is 0 Å². The van der Waals surface area contributed by atoms with Gasteiger partial charge in [0.2, 0.25) is 0 Å². The Kier molecular flexibility index (Phi) is 2.75. The van der Waals surface area contributed by atoms with E-state index in [1.165, 1.54) is 24.0 Å². The van der Waals surface area contributed by atoms with E-state index in [-0.39, 0.29) is 5.69 Å². The lowest BCUT2D eigenvalue weighted by atomic mass is 10.2. The number of nitrogens with one attached hydrogen (secondary N) is 1. The lowest BCUT2D eigenvalue weighted by Gasteiger charge is -2.21. The number of fused-ring (bicyclic) bond motifs is 1. The predicted octanol–water partition coefficient (Wildman–Crippen LogP) is 2.38. The molecule has 1 N–H and O–H groups in total. The van der Waals surface area contributed by atoms with E-state index in [9.17, 15) is 10.1 Å². The van der Waals surface area contributed by atoms with Crippen LogP contribution in [0.2, 0.25) is 0 Å². The summed E-state index contributed by atoms with van der Waals surface area (Å²) in [4.78, 5) is 14.5. The maximum Gasteiger partial charge on any atom is 0.297 e. The lowest BCUT2D eigenvalue weighted by molar-refractivity contribution is -0.384. The number of aromatic nitrogens is 1. The number of nitrogens with zero attached hydrogens (tertiary/aromatic N) is 3. The molecule has 0 spiro atoms. The Morgan fingerprint density at radius 2 is 2.16 bits per heavy atom. The van der Waals surface area contributed by atoms with Crippen molar-refractivity contribution >= 4 is 17.1 Å². The van der Waals surface area contributed by atoms with Crippen molar-refractivity contribution in [3.05, 3.63) is 58.4 Å². The fourth-order valence-corrected chi connectivity index (χ4v) is 2.23. The molecule has 3 rings (SSSR count). The zero-order valence-corrected chi connectivity index (χ0v) is 10.1. The summed E-state index contributed by atoms with van der Waals surface area (Å²) in [6.45, 7) is 0.783. The van der Waals surface area contributed by atoms with Crippen molar-refractivity contribution in [1.82, 2.24) is 4.98 Å². The fourth-order valence-electron chi connectivity index (χ4n) is 2.23. The average Bonchev–Trinajstić information content (AvgIpc) is 2.83. The minimum absolute atomic E-state index is 0.0272. The maximum absolute atomic E-state index is 11.0. The molecule has 0 unspecified atom stereocenters. The quantitative estimate of drug-likeness (QED) is 0.674. The largest absolute Gasteiger partial charge is 0.297 e. The van der Waals surface area contributed by atoms with Crippen LogP contribution in [0.4, 0.5) is 17.1 Å². The van der Waals surface area contributed by atoms with E-state index in [1.54, 1.807) is 0 Å². The smallest absolute Gasteiger partial charge is 0.291 e. The first-order valence-corrected chi connectivity index (χ1v) is 5.96. The van der Waals surface area contributed by atoms with Gasteiger partial charge in [-0.3, -0.25) is 25.5 Å². The standard InChI is InChI=1S/C13H12N4O2/c18-17(19)13-5-7-14-9-11(13)15-16-8-6-10-3-1-2-4-12(10)16/h1-5,7,9,15H,6,8H2. The van der Waals surface area contributed by atoms with E-state index < -0.39 is 4.92 Å². The molecule has 1 aliphatic heterocycles. The summed E-state index contributed by atoms with van der Waals surface area (Å²) < 4.78 is 0. The molecular formula is C13H12N4O2. The van der Waals surface area contributed by atoms with Gasteiger partial charge < -0.3 is 0 Å². The first-order chi connectivity index (χ1) is 9.25. The molecule has 1 aromatic heterocycles. The van der Waals surface area contributed by atoms with E-state index in [2.05, 4.69) is 16.5 Å². The molecule has 96 valence electrons. The molecule has 0 atom stereocenters. The summed E-state index contributed by atoms with van der Waals surface area (Å²) in [5.74, 6) is 0. The lowest BCUT2D eigenvalue weighted by Crippen LogP contribution is -2.28. The van der Waals surface area contributed by atoms with Crippen LogP contribution in [-0.4, -0.2) is 16.5 Å². The topological polar surface area (TPSA) is 71.3 Å². The third kappa shape index (κ3) is 2.08. The predicted molar refractivity (Wildman–Crippen MR) is 72.0 cm³/mol. The van der Waals surface area contributed by atoms with Crippen molar-refractivity contribution in [3.8, 4) is 0 Å². The van der Waals surface area contributed by atoms with Gasteiger partial charge >= 0.3 is 0 Å². The molecule has 2 heterocycles. The summed E-state index contributed by atoms with van der Waals surface area (Å²) >= 11 is 0. The number of hydrogen-bond donors (Lipinski definition) is 1. The van der Waals surface area contributed by atoms with E-state index in [1.807, 2.05) is 23.2 Å². The third-order valence-electron chi connectivity index (χ3n) is 3.14. The normalized spacial score (nSPS) is 13.2. The van der Waals surface area contributed by atoms with Crippen LogP contribution in [0, 0.1) is 10.1 Å². The first kappa shape index (κ1) is 11.5. The van der Waals surface area contributed by atoms with E-state index in [0.29, 0.717) is 5.69 Å². The summed E-state index contributed by atoms with van der Waals surface area (Å²) in [5.41, 5.74) is 5.80. The summed E-state index contributed by atoms with van der Waals surface area (Å²) in [6.07, 6.45) is 3.82. The Labute approximate surface area is 109 Å². The van der Waals surface area contributed by atoms with E-state index in [4.69, 9.17) is 0 Å². The minimum atomic E-state index is -0.411. The Balaban J connectivity index is 1.90. The molecular weight excluding hydrogens is 244 g/mol. The molecule has 0 aliphatic carbocycles. The molecule has 0 saturated heterocycles. The first-order valence-electron chi connectivity index (χ1n) is 5.96. The van der Waals surface area contributed by atoms with Crippen LogP contribution < -0.4 is 10.4 Å². The van der Waals surface area contributed by atoms with Gasteiger partial charge in [-0.1, -0.05) is 18.2 Å². The molecule has 0 saturated carbocycles. The molecule has 1 aromatic carbocycles. The fraction of sp³-hybridized carbons (Fsp3) is 0.154. The van der Waals surface area contributed by atoms with Gasteiger partial charge in [-0.25, -0.2) is 0 Å². The summed E-state index contributed by atoms with van der Waals surface area (Å²) in [7, 11) is 0. The number of anilines is 2. The van der Waals surface area contributed by atoms with Crippen LogP contribution >= 0.6 is 0 Å². The number of benzene rings is 1. The van der Waals surface area contributed by atoms with Gasteiger partial charge in [0.25, 0.3) is 5.69 Å². The average molecular weight is 256 g/mol. The SMILES string of the molecule is O=[N+]([O-])c1ccncc1NN1CCc2ccccc21. The zero-order valence-electron chi connectivity index (χ0n) is 10.1. The molecule has 1 aliphatic rings. The van der Waals surface area contributed by atoms with Gasteiger partial charge in [-0.15, -0.1) is 0 Å². The van der Waals surface area contributed by atoms with Crippen molar-refractivity contribution in [2.45, 2.75) is 6.42 Å². The van der Waals surface area contributed by atoms with Crippen LogP contribution in [0.15, 0.2) is 42.7 Å². The van der Waals surface area contributed by atoms with Crippen LogP contribution in [-0.2, 0) is 6.42 Å². The van der Waals surface area contributed by atoms with Crippen molar-refractivity contribution in [1.29, 1.82) is 0 Å². The second kappa shape index (κ2) is 4.56. The molecule has 0 bridgehead atoms. The van der Waals surface area contributed by atoms with Crippen LogP contribution in [0.1, 0.15) is 5.56 Å². The summed E-state index contributed by atoms with van der Waals surface area (Å²) in [5, 5.41) is 12.9. The van der Waals surface area contributed by atoms with Gasteiger partial charge in [-0.2, -0.15) is 0 Å². The molecule has 19 heavy (non-hydrogen) atoms. The van der Waals surface area contributed by atoms with Crippen LogP contribution in [0.25, 0.3) is 0 Å². The highest BCUT2D eigenvalue weighted by Crippen LogP contribution is 2.30. The highest BCUT2D eigenvalue weighted by molar-refractivity contribution is 5.67.